The molecular weight excluding hydrogens is 243 g/mol. The first kappa shape index (κ1) is 15.6. The van der Waals surface area contributed by atoms with E-state index in [-0.39, 0.29) is 35.2 Å². The van der Waals surface area contributed by atoms with Crippen molar-refractivity contribution < 1.29 is 9.18 Å². The van der Waals surface area contributed by atoms with Crippen LogP contribution in [0.3, 0.4) is 0 Å². The SMILES string of the molecule is CC(C)C(N)C(=O)c1ccc(C#N)c(F)c1.Cl. The summed E-state index contributed by atoms with van der Waals surface area (Å²) in [4.78, 5) is 11.8. The van der Waals surface area contributed by atoms with Crippen molar-refractivity contribution in [1.82, 2.24) is 0 Å². The highest BCUT2D eigenvalue weighted by molar-refractivity contribution is 6.00. The molecule has 0 aliphatic carbocycles. The van der Waals surface area contributed by atoms with Crippen LogP contribution in [0.4, 0.5) is 4.39 Å². The number of Topliss-reactive ketones (excluding diaryl/α,β-unsaturated/α-hetero) is 1. The minimum atomic E-state index is -0.690. The van der Waals surface area contributed by atoms with E-state index in [2.05, 4.69) is 0 Å². The van der Waals surface area contributed by atoms with Gasteiger partial charge in [-0.05, 0) is 24.1 Å². The van der Waals surface area contributed by atoms with Crippen molar-refractivity contribution in [1.29, 1.82) is 5.26 Å². The van der Waals surface area contributed by atoms with Crippen LogP contribution < -0.4 is 5.73 Å². The Morgan fingerprint density at radius 1 is 1.47 bits per heavy atom. The number of nitriles is 1. The third-order valence-corrected chi connectivity index (χ3v) is 2.40. The number of ketones is 1. The Hall–Kier alpha value is -1.44. The van der Waals surface area contributed by atoms with E-state index in [1.54, 1.807) is 6.07 Å². The molecule has 1 atom stereocenters. The Morgan fingerprint density at radius 2 is 2.06 bits per heavy atom. The maximum atomic E-state index is 13.3. The number of carbonyl (C=O) groups excluding carboxylic acids is 1. The first-order chi connectivity index (χ1) is 7.47. The number of benzene rings is 1. The van der Waals surface area contributed by atoms with Gasteiger partial charge in [0.1, 0.15) is 11.9 Å². The van der Waals surface area contributed by atoms with Crippen molar-refractivity contribution in [3.05, 3.63) is 35.1 Å². The predicted octanol–water partition coefficient (Wildman–Crippen LogP) is 2.29. The van der Waals surface area contributed by atoms with Gasteiger partial charge in [-0.15, -0.1) is 12.4 Å². The second-order valence-electron chi connectivity index (χ2n) is 3.94. The van der Waals surface area contributed by atoms with E-state index in [0.717, 1.165) is 6.07 Å². The number of carbonyl (C=O) groups is 1. The summed E-state index contributed by atoms with van der Waals surface area (Å²) in [6, 6.07) is 4.82. The molecule has 0 amide bonds. The third-order valence-electron chi connectivity index (χ3n) is 2.40. The van der Waals surface area contributed by atoms with Crippen LogP contribution in [-0.2, 0) is 0 Å². The van der Waals surface area contributed by atoms with Gasteiger partial charge in [-0.3, -0.25) is 4.79 Å². The highest BCUT2D eigenvalue weighted by atomic mass is 35.5. The molecule has 3 nitrogen and oxygen atoms in total. The Bertz CT molecular complexity index is 454. The van der Waals surface area contributed by atoms with Crippen molar-refractivity contribution in [2.75, 3.05) is 0 Å². The highest BCUT2D eigenvalue weighted by Crippen LogP contribution is 2.13. The molecule has 0 saturated heterocycles. The van der Waals surface area contributed by atoms with E-state index in [9.17, 15) is 9.18 Å². The summed E-state index contributed by atoms with van der Waals surface area (Å²) in [6.45, 7) is 3.64. The van der Waals surface area contributed by atoms with Gasteiger partial charge in [0.2, 0.25) is 0 Å². The molecule has 1 unspecified atom stereocenters. The van der Waals surface area contributed by atoms with Gasteiger partial charge in [0.15, 0.2) is 5.78 Å². The van der Waals surface area contributed by atoms with Crippen molar-refractivity contribution >= 4 is 18.2 Å². The average molecular weight is 257 g/mol. The average Bonchev–Trinajstić information content (AvgIpc) is 2.26. The molecule has 2 N–H and O–H groups in total. The molecule has 0 saturated carbocycles. The Kier molecular flexibility index (Phi) is 5.80. The molecule has 1 aromatic rings. The molecular formula is C12H14ClFN2O. The molecule has 1 rings (SSSR count). The summed E-state index contributed by atoms with van der Waals surface area (Å²) < 4.78 is 13.3. The Labute approximate surface area is 106 Å². The van der Waals surface area contributed by atoms with Gasteiger partial charge in [0.25, 0.3) is 0 Å². The normalized spacial score (nSPS) is 11.5. The van der Waals surface area contributed by atoms with Gasteiger partial charge in [-0.25, -0.2) is 4.39 Å². The fourth-order valence-corrected chi connectivity index (χ4v) is 1.25. The van der Waals surface area contributed by atoms with Crippen LogP contribution in [-0.4, -0.2) is 11.8 Å². The second-order valence-corrected chi connectivity index (χ2v) is 3.94. The quantitative estimate of drug-likeness (QED) is 0.844. The lowest BCUT2D eigenvalue weighted by Crippen LogP contribution is -2.35. The third kappa shape index (κ3) is 3.52. The van der Waals surface area contributed by atoms with E-state index in [1.807, 2.05) is 13.8 Å². The fraction of sp³-hybridized carbons (Fsp3) is 0.333. The second kappa shape index (κ2) is 6.33. The van der Waals surface area contributed by atoms with Crippen LogP contribution in [0.2, 0.25) is 0 Å². The van der Waals surface area contributed by atoms with Gasteiger partial charge in [0, 0.05) is 5.56 Å². The smallest absolute Gasteiger partial charge is 0.179 e. The highest BCUT2D eigenvalue weighted by Gasteiger charge is 2.19. The van der Waals surface area contributed by atoms with Crippen molar-refractivity contribution in [3.63, 3.8) is 0 Å². The van der Waals surface area contributed by atoms with Gasteiger partial charge < -0.3 is 5.73 Å². The van der Waals surface area contributed by atoms with E-state index in [4.69, 9.17) is 11.0 Å². The number of hydrogen-bond acceptors (Lipinski definition) is 3. The van der Waals surface area contributed by atoms with E-state index < -0.39 is 11.9 Å². The molecule has 1 aromatic carbocycles. The van der Waals surface area contributed by atoms with Crippen LogP contribution in [0.15, 0.2) is 18.2 Å². The molecule has 92 valence electrons. The zero-order chi connectivity index (χ0) is 12.3. The van der Waals surface area contributed by atoms with E-state index in [1.165, 1.54) is 12.1 Å². The molecule has 5 heteroatoms. The van der Waals surface area contributed by atoms with Crippen molar-refractivity contribution in [2.24, 2.45) is 11.7 Å². The van der Waals surface area contributed by atoms with E-state index in [0.29, 0.717) is 0 Å². The molecule has 0 spiro atoms. The number of nitrogens with two attached hydrogens (primary N) is 1. The molecule has 0 aliphatic rings. The van der Waals surface area contributed by atoms with Crippen LogP contribution in [0, 0.1) is 23.1 Å². The van der Waals surface area contributed by atoms with Crippen molar-refractivity contribution in [2.45, 2.75) is 19.9 Å². The standard InChI is InChI=1S/C12H13FN2O.ClH/c1-7(2)11(15)12(16)8-3-4-9(6-14)10(13)5-8;/h3-5,7,11H,15H2,1-2H3;1H. The van der Waals surface area contributed by atoms with Gasteiger partial charge >= 0.3 is 0 Å². The molecule has 0 heterocycles. The largest absolute Gasteiger partial charge is 0.321 e. The zero-order valence-corrected chi connectivity index (χ0v) is 10.4. The topological polar surface area (TPSA) is 66.9 Å². The van der Waals surface area contributed by atoms with Gasteiger partial charge in [0.05, 0.1) is 11.6 Å². The number of nitrogens with zero attached hydrogens (tertiary/aromatic N) is 1. The van der Waals surface area contributed by atoms with Crippen LogP contribution >= 0.6 is 12.4 Å². The summed E-state index contributed by atoms with van der Waals surface area (Å²) in [7, 11) is 0. The first-order valence-corrected chi connectivity index (χ1v) is 4.96. The molecule has 0 aliphatic heterocycles. The summed E-state index contributed by atoms with van der Waals surface area (Å²) >= 11 is 0. The monoisotopic (exact) mass is 256 g/mol. The fourth-order valence-electron chi connectivity index (χ4n) is 1.25. The lowest BCUT2D eigenvalue weighted by Gasteiger charge is -2.14. The minimum absolute atomic E-state index is 0. The van der Waals surface area contributed by atoms with Crippen molar-refractivity contribution in [3.8, 4) is 6.07 Å². The summed E-state index contributed by atoms with van der Waals surface area (Å²) in [5, 5.41) is 8.55. The molecule has 0 aromatic heterocycles. The predicted molar refractivity (Wildman–Crippen MR) is 65.5 cm³/mol. The molecule has 0 bridgehead atoms. The number of halogens is 2. The maximum absolute atomic E-state index is 13.3. The zero-order valence-electron chi connectivity index (χ0n) is 9.61. The first-order valence-electron chi connectivity index (χ1n) is 4.96. The van der Waals surface area contributed by atoms with Gasteiger partial charge in [-0.2, -0.15) is 5.26 Å². The van der Waals surface area contributed by atoms with Crippen LogP contribution in [0.25, 0.3) is 0 Å². The number of hydrogen-bond donors (Lipinski definition) is 1. The maximum Gasteiger partial charge on any atom is 0.179 e. The van der Waals surface area contributed by atoms with E-state index >= 15 is 0 Å². The minimum Gasteiger partial charge on any atom is -0.321 e. The summed E-state index contributed by atoms with van der Waals surface area (Å²) in [5.74, 6) is -1.01. The van der Waals surface area contributed by atoms with Crippen LogP contribution in [0.1, 0.15) is 29.8 Å². The molecule has 0 fully saturated rings. The Balaban J connectivity index is 0.00000256. The molecule has 17 heavy (non-hydrogen) atoms. The summed E-state index contributed by atoms with van der Waals surface area (Å²) in [5.41, 5.74) is 5.81. The molecule has 0 radical (unpaired) electrons. The summed E-state index contributed by atoms with van der Waals surface area (Å²) in [6.07, 6.45) is 0. The Morgan fingerprint density at radius 3 is 2.47 bits per heavy atom. The lowest BCUT2D eigenvalue weighted by molar-refractivity contribution is 0.0940. The number of rotatable bonds is 3. The van der Waals surface area contributed by atoms with Crippen LogP contribution in [0.5, 0.6) is 0 Å². The lowest BCUT2D eigenvalue weighted by atomic mass is 9.95. The van der Waals surface area contributed by atoms with Gasteiger partial charge in [-0.1, -0.05) is 13.8 Å².